The Morgan fingerprint density at radius 1 is 1.00 bits per heavy atom. The van der Waals surface area contributed by atoms with Gasteiger partial charge in [-0.15, -0.1) is 0 Å². The van der Waals surface area contributed by atoms with Crippen molar-refractivity contribution in [3.05, 3.63) is 49.8 Å². The van der Waals surface area contributed by atoms with Crippen LogP contribution >= 0.6 is 0 Å². The van der Waals surface area contributed by atoms with Crippen LogP contribution in [0.25, 0.3) is 0 Å². The molecule has 0 bridgehead atoms. The zero-order chi connectivity index (χ0) is 22.6. The van der Waals surface area contributed by atoms with Crippen molar-refractivity contribution in [2.24, 2.45) is 0 Å². The molecule has 2 aromatic rings. The van der Waals surface area contributed by atoms with Gasteiger partial charge in [0.15, 0.2) is 0 Å². The number of nitro benzene ring substituents is 2. The number of hydrogen-bond acceptors (Lipinski definition) is 10. The van der Waals surface area contributed by atoms with E-state index in [1.807, 2.05) is 14.1 Å². The van der Waals surface area contributed by atoms with Crippen molar-refractivity contribution in [2.75, 3.05) is 37.4 Å². The van der Waals surface area contributed by atoms with Gasteiger partial charge < -0.3 is 10.2 Å². The van der Waals surface area contributed by atoms with Gasteiger partial charge in [-0.05, 0) is 13.8 Å². The van der Waals surface area contributed by atoms with E-state index in [4.69, 9.17) is 0 Å². The Hall–Kier alpha value is -3.39. The number of nitro groups is 2. The molecule has 0 aliphatic rings. The molecule has 0 aliphatic heterocycles. The molecule has 0 amide bonds. The standard InChI is InChI=1S/C16H21N7O6S/c1-10-13(22(24)25)7-12(8-14(10)23(26)27)30(28,29)18-6-5-17-15-9-16(21(3)4)20-11(2)19-15/h7-9,18H,5-6H2,1-4H3,(H,17,19,20). The summed E-state index contributed by atoms with van der Waals surface area (Å²) in [4.78, 5) is 30.2. The van der Waals surface area contributed by atoms with Crippen molar-refractivity contribution in [3.63, 3.8) is 0 Å². The molecule has 14 heteroatoms. The van der Waals surface area contributed by atoms with Crippen LogP contribution in [0.4, 0.5) is 23.0 Å². The third-order valence-electron chi connectivity index (χ3n) is 4.04. The van der Waals surface area contributed by atoms with E-state index in [1.165, 1.54) is 6.92 Å². The van der Waals surface area contributed by atoms with Gasteiger partial charge in [-0.2, -0.15) is 0 Å². The Balaban J connectivity index is 2.14. The van der Waals surface area contributed by atoms with E-state index in [1.54, 1.807) is 17.9 Å². The van der Waals surface area contributed by atoms with Gasteiger partial charge in [0.25, 0.3) is 11.4 Å². The van der Waals surface area contributed by atoms with Crippen molar-refractivity contribution in [1.82, 2.24) is 14.7 Å². The largest absolute Gasteiger partial charge is 0.369 e. The maximum Gasteiger partial charge on any atom is 0.280 e. The lowest BCUT2D eigenvalue weighted by Crippen LogP contribution is -2.29. The average Bonchev–Trinajstić information content (AvgIpc) is 2.64. The smallest absolute Gasteiger partial charge is 0.280 e. The zero-order valence-electron chi connectivity index (χ0n) is 16.7. The Labute approximate surface area is 172 Å². The van der Waals surface area contributed by atoms with Crippen molar-refractivity contribution in [3.8, 4) is 0 Å². The number of anilines is 2. The molecule has 0 aliphatic carbocycles. The van der Waals surface area contributed by atoms with Crippen LogP contribution < -0.4 is 14.9 Å². The topological polar surface area (TPSA) is 174 Å². The molecule has 2 N–H and O–H groups in total. The van der Waals surface area contributed by atoms with E-state index >= 15 is 0 Å². The van der Waals surface area contributed by atoms with E-state index < -0.39 is 36.1 Å². The first kappa shape index (κ1) is 22.9. The van der Waals surface area contributed by atoms with E-state index in [2.05, 4.69) is 20.0 Å². The van der Waals surface area contributed by atoms with Crippen LogP contribution in [0.15, 0.2) is 23.1 Å². The number of aryl methyl sites for hydroxylation is 1. The maximum atomic E-state index is 12.5. The highest BCUT2D eigenvalue weighted by atomic mass is 32.2. The van der Waals surface area contributed by atoms with Crippen LogP contribution in [0.5, 0.6) is 0 Å². The molecule has 1 aromatic heterocycles. The van der Waals surface area contributed by atoms with Crippen LogP contribution in [0.2, 0.25) is 0 Å². The summed E-state index contributed by atoms with van der Waals surface area (Å²) in [6.07, 6.45) is 0. The first-order valence-electron chi connectivity index (χ1n) is 8.62. The fourth-order valence-electron chi connectivity index (χ4n) is 2.52. The molecule has 1 aromatic carbocycles. The minimum absolute atomic E-state index is 0.0852. The predicted octanol–water partition coefficient (Wildman–Crippen LogP) is 1.37. The lowest BCUT2D eigenvalue weighted by atomic mass is 10.1. The Morgan fingerprint density at radius 3 is 2.07 bits per heavy atom. The average molecular weight is 439 g/mol. The van der Waals surface area contributed by atoms with E-state index in [0.717, 1.165) is 12.1 Å². The monoisotopic (exact) mass is 439 g/mol. The SMILES string of the molecule is Cc1nc(NCCNS(=O)(=O)c2cc([N+](=O)[O-])c(C)c([N+](=O)[O-])c2)cc(N(C)C)n1. The molecule has 0 saturated heterocycles. The Bertz CT molecular complexity index is 1050. The number of rotatable bonds is 9. The highest BCUT2D eigenvalue weighted by Crippen LogP contribution is 2.31. The van der Waals surface area contributed by atoms with Crippen molar-refractivity contribution >= 4 is 33.0 Å². The highest BCUT2D eigenvalue weighted by molar-refractivity contribution is 7.89. The first-order chi connectivity index (χ1) is 13.9. The fraction of sp³-hybridized carbons (Fsp3) is 0.375. The van der Waals surface area contributed by atoms with Gasteiger partial charge in [0.2, 0.25) is 10.0 Å². The molecular weight excluding hydrogens is 418 g/mol. The number of nitrogens with zero attached hydrogens (tertiary/aromatic N) is 5. The molecule has 0 fully saturated rings. The number of hydrogen-bond donors (Lipinski definition) is 2. The molecule has 0 atom stereocenters. The molecule has 162 valence electrons. The number of aromatic nitrogens is 2. The number of benzene rings is 1. The lowest BCUT2D eigenvalue weighted by molar-refractivity contribution is -0.395. The molecule has 0 radical (unpaired) electrons. The summed E-state index contributed by atoms with van der Waals surface area (Å²) in [7, 11) is -0.575. The molecule has 0 spiro atoms. The van der Waals surface area contributed by atoms with Crippen LogP contribution in [-0.4, -0.2) is 55.4 Å². The van der Waals surface area contributed by atoms with Crippen molar-refractivity contribution < 1.29 is 18.3 Å². The normalized spacial score (nSPS) is 11.2. The molecule has 0 unspecified atom stereocenters. The van der Waals surface area contributed by atoms with Gasteiger partial charge in [0.05, 0.1) is 14.7 Å². The molecule has 0 saturated carbocycles. The number of sulfonamides is 1. The lowest BCUT2D eigenvalue weighted by Gasteiger charge is -2.14. The second-order valence-corrected chi connectivity index (χ2v) is 8.25. The molecule has 2 rings (SSSR count). The summed E-state index contributed by atoms with van der Waals surface area (Å²) in [5.41, 5.74) is -1.51. The molecule has 1 heterocycles. The van der Waals surface area contributed by atoms with E-state index in [9.17, 15) is 28.6 Å². The van der Waals surface area contributed by atoms with Crippen LogP contribution in [-0.2, 0) is 10.0 Å². The van der Waals surface area contributed by atoms with Gasteiger partial charge in [-0.3, -0.25) is 20.2 Å². The molecule has 13 nitrogen and oxygen atoms in total. The molecular formula is C16H21N7O6S. The first-order valence-corrected chi connectivity index (χ1v) is 10.1. The van der Waals surface area contributed by atoms with Crippen LogP contribution in [0, 0.1) is 34.1 Å². The van der Waals surface area contributed by atoms with Gasteiger partial charge in [0, 0.05) is 45.4 Å². The predicted molar refractivity (Wildman–Crippen MR) is 109 cm³/mol. The highest BCUT2D eigenvalue weighted by Gasteiger charge is 2.27. The Morgan fingerprint density at radius 2 is 1.57 bits per heavy atom. The fourth-order valence-corrected chi connectivity index (χ4v) is 3.60. The van der Waals surface area contributed by atoms with Crippen molar-refractivity contribution in [2.45, 2.75) is 18.7 Å². The summed E-state index contributed by atoms with van der Waals surface area (Å²) in [5.74, 6) is 1.69. The minimum atomic E-state index is -4.21. The quantitative estimate of drug-likeness (QED) is 0.330. The minimum Gasteiger partial charge on any atom is -0.369 e. The Kier molecular flexibility index (Phi) is 6.84. The van der Waals surface area contributed by atoms with Gasteiger partial charge in [-0.25, -0.2) is 23.1 Å². The second-order valence-electron chi connectivity index (χ2n) is 6.48. The molecule has 30 heavy (non-hydrogen) atoms. The maximum absolute atomic E-state index is 12.5. The van der Waals surface area contributed by atoms with Crippen LogP contribution in [0.3, 0.4) is 0 Å². The van der Waals surface area contributed by atoms with Crippen LogP contribution in [0.1, 0.15) is 11.4 Å². The summed E-state index contributed by atoms with van der Waals surface area (Å²) >= 11 is 0. The van der Waals surface area contributed by atoms with E-state index in [0.29, 0.717) is 17.5 Å². The summed E-state index contributed by atoms with van der Waals surface area (Å²) in [6.45, 7) is 2.98. The van der Waals surface area contributed by atoms with Gasteiger partial charge in [-0.1, -0.05) is 0 Å². The third-order valence-corrected chi connectivity index (χ3v) is 5.48. The van der Waals surface area contributed by atoms with Gasteiger partial charge >= 0.3 is 0 Å². The van der Waals surface area contributed by atoms with Crippen molar-refractivity contribution in [1.29, 1.82) is 0 Å². The van der Waals surface area contributed by atoms with Gasteiger partial charge in [0.1, 0.15) is 23.0 Å². The second kappa shape index (κ2) is 8.96. The summed E-state index contributed by atoms with van der Waals surface area (Å²) in [5, 5.41) is 25.2. The summed E-state index contributed by atoms with van der Waals surface area (Å²) in [6, 6.07) is 3.29. The third kappa shape index (κ3) is 5.36. The van der Waals surface area contributed by atoms with E-state index in [-0.39, 0.29) is 18.7 Å². The zero-order valence-corrected chi connectivity index (χ0v) is 17.6. The summed E-state index contributed by atoms with van der Waals surface area (Å²) < 4.78 is 27.2. The number of nitrogens with one attached hydrogen (secondary N) is 2.